The number of carbonyl (C=O) groups is 1. The fraction of sp³-hybridized carbons (Fsp3) is 0.600. The van der Waals surface area contributed by atoms with Crippen LogP contribution in [0.5, 0.6) is 0 Å². The summed E-state index contributed by atoms with van der Waals surface area (Å²) in [4.78, 5) is 20.4. The summed E-state index contributed by atoms with van der Waals surface area (Å²) >= 11 is 0. The fourth-order valence-corrected chi connectivity index (χ4v) is 2.46. The van der Waals surface area contributed by atoms with E-state index in [4.69, 9.17) is 5.73 Å². The molecule has 2 rings (SSSR count). The molecule has 1 atom stereocenters. The Bertz CT molecular complexity index is 455. The molecule has 1 aliphatic rings. The van der Waals surface area contributed by atoms with E-state index in [1.165, 1.54) is 0 Å². The second kappa shape index (κ2) is 6.59. The van der Waals surface area contributed by atoms with Crippen molar-refractivity contribution >= 4 is 17.3 Å². The third-order valence-electron chi connectivity index (χ3n) is 4.02. The number of anilines is 2. The Hall–Kier alpha value is -1.78. The lowest BCUT2D eigenvalue weighted by molar-refractivity contribution is -0.132. The van der Waals surface area contributed by atoms with Crippen molar-refractivity contribution in [3.05, 3.63) is 18.5 Å². The Kier molecular flexibility index (Phi) is 4.82. The quantitative estimate of drug-likeness (QED) is 0.910. The van der Waals surface area contributed by atoms with E-state index in [0.717, 1.165) is 38.3 Å². The van der Waals surface area contributed by atoms with Crippen LogP contribution in [0.2, 0.25) is 0 Å². The zero-order valence-electron chi connectivity index (χ0n) is 12.4. The maximum atomic E-state index is 12.2. The van der Waals surface area contributed by atoms with Gasteiger partial charge in [0.25, 0.3) is 0 Å². The Labute approximate surface area is 120 Å². The van der Waals surface area contributed by atoms with Crippen molar-refractivity contribution in [1.82, 2.24) is 9.88 Å². The van der Waals surface area contributed by atoms with Gasteiger partial charge in [-0.1, -0.05) is 20.3 Å². The molecule has 110 valence electrons. The number of carbonyl (C=O) groups excluding carboxylic acids is 1. The summed E-state index contributed by atoms with van der Waals surface area (Å²) in [6.45, 7) is 7.48. The first kappa shape index (κ1) is 14.6. The number of amides is 1. The van der Waals surface area contributed by atoms with Crippen LogP contribution in [0.4, 0.5) is 11.4 Å². The monoisotopic (exact) mass is 276 g/mol. The summed E-state index contributed by atoms with van der Waals surface area (Å²) in [5.74, 6) is 0.748. The highest BCUT2D eigenvalue weighted by Crippen LogP contribution is 2.23. The number of nitrogens with two attached hydrogens (primary N) is 1. The number of piperazine rings is 1. The summed E-state index contributed by atoms with van der Waals surface area (Å²) in [7, 11) is 0. The average Bonchev–Trinajstić information content (AvgIpc) is 2.47. The number of nitrogens with zero attached hydrogens (tertiary/aromatic N) is 3. The van der Waals surface area contributed by atoms with Gasteiger partial charge in [-0.3, -0.25) is 9.78 Å². The molecule has 1 fully saturated rings. The van der Waals surface area contributed by atoms with E-state index in [2.05, 4.69) is 23.7 Å². The molecule has 5 heteroatoms. The van der Waals surface area contributed by atoms with Crippen molar-refractivity contribution in [2.45, 2.75) is 26.7 Å². The van der Waals surface area contributed by atoms with E-state index in [1.54, 1.807) is 12.4 Å². The molecule has 0 aromatic carbocycles. The van der Waals surface area contributed by atoms with Crippen LogP contribution in [0.3, 0.4) is 0 Å². The molecular formula is C15H24N4O. The van der Waals surface area contributed by atoms with Crippen molar-refractivity contribution in [3.63, 3.8) is 0 Å². The molecule has 1 unspecified atom stereocenters. The molecule has 1 aliphatic heterocycles. The molecule has 2 heterocycles. The van der Waals surface area contributed by atoms with E-state index in [0.29, 0.717) is 18.0 Å². The second-order valence-corrected chi connectivity index (χ2v) is 5.52. The minimum Gasteiger partial charge on any atom is -0.396 e. The van der Waals surface area contributed by atoms with Gasteiger partial charge in [-0.2, -0.15) is 0 Å². The first-order valence-electron chi connectivity index (χ1n) is 7.34. The zero-order chi connectivity index (χ0) is 14.5. The number of pyridine rings is 1. The molecule has 1 aromatic rings. The average molecular weight is 276 g/mol. The van der Waals surface area contributed by atoms with E-state index >= 15 is 0 Å². The molecule has 0 radical (unpaired) electrons. The maximum absolute atomic E-state index is 12.2. The van der Waals surface area contributed by atoms with E-state index < -0.39 is 0 Å². The Morgan fingerprint density at radius 1 is 1.40 bits per heavy atom. The van der Waals surface area contributed by atoms with Crippen molar-refractivity contribution < 1.29 is 4.79 Å². The Balaban J connectivity index is 1.89. The molecule has 0 bridgehead atoms. The molecule has 2 N–H and O–H groups in total. The first-order chi connectivity index (χ1) is 9.61. The molecule has 20 heavy (non-hydrogen) atoms. The predicted octanol–water partition coefficient (Wildman–Crippen LogP) is 1.75. The summed E-state index contributed by atoms with van der Waals surface area (Å²) in [6.07, 6.45) is 5.15. The highest BCUT2D eigenvalue weighted by atomic mass is 16.2. The van der Waals surface area contributed by atoms with E-state index in [-0.39, 0.29) is 5.91 Å². The highest BCUT2D eigenvalue weighted by Gasteiger charge is 2.22. The van der Waals surface area contributed by atoms with Crippen LogP contribution in [0, 0.1) is 5.92 Å². The van der Waals surface area contributed by atoms with Crippen molar-refractivity contribution in [2.24, 2.45) is 5.92 Å². The van der Waals surface area contributed by atoms with Crippen LogP contribution in [-0.2, 0) is 4.79 Å². The summed E-state index contributed by atoms with van der Waals surface area (Å²) in [5.41, 5.74) is 7.67. The van der Waals surface area contributed by atoms with Gasteiger partial charge in [0.15, 0.2) is 0 Å². The molecular weight excluding hydrogens is 252 g/mol. The standard InChI is InChI=1S/C15H24N4O/c1-3-12(2)10-15(20)19-8-6-18(7-9-19)14-4-5-17-11-13(14)16/h4-5,11-12H,3,6-10,16H2,1-2H3. The van der Waals surface area contributed by atoms with Crippen LogP contribution >= 0.6 is 0 Å². The van der Waals surface area contributed by atoms with Gasteiger partial charge >= 0.3 is 0 Å². The van der Waals surface area contributed by atoms with Gasteiger partial charge in [-0.25, -0.2) is 0 Å². The minimum absolute atomic E-state index is 0.279. The van der Waals surface area contributed by atoms with Gasteiger partial charge in [-0.05, 0) is 12.0 Å². The molecule has 0 saturated carbocycles. The van der Waals surface area contributed by atoms with E-state index in [1.807, 2.05) is 11.0 Å². The lowest BCUT2D eigenvalue weighted by Crippen LogP contribution is -2.49. The van der Waals surface area contributed by atoms with Crippen LogP contribution in [0.15, 0.2) is 18.5 Å². The van der Waals surface area contributed by atoms with Gasteiger partial charge in [0.2, 0.25) is 5.91 Å². The number of rotatable bonds is 4. The Morgan fingerprint density at radius 3 is 2.70 bits per heavy atom. The maximum Gasteiger partial charge on any atom is 0.222 e. The van der Waals surface area contributed by atoms with Crippen LogP contribution in [0.25, 0.3) is 0 Å². The third-order valence-corrected chi connectivity index (χ3v) is 4.02. The van der Waals surface area contributed by atoms with E-state index in [9.17, 15) is 4.79 Å². The van der Waals surface area contributed by atoms with Gasteiger partial charge in [0.05, 0.1) is 17.6 Å². The molecule has 0 spiro atoms. The number of aromatic nitrogens is 1. The van der Waals surface area contributed by atoms with Crippen molar-refractivity contribution in [2.75, 3.05) is 36.8 Å². The second-order valence-electron chi connectivity index (χ2n) is 5.52. The predicted molar refractivity (Wildman–Crippen MR) is 81.5 cm³/mol. The molecule has 1 amide bonds. The largest absolute Gasteiger partial charge is 0.396 e. The van der Waals surface area contributed by atoms with Gasteiger partial charge in [0.1, 0.15) is 0 Å². The van der Waals surface area contributed by atoms with Crippen molar-refractivity contribution in [1.29, 1.82) is 0 Å². The van der Waals surface area contributed by atoms with Gasteiger partial charge in [0, 0.05) is 38.8 Å². The highest BCUT2D eigenvalue weighted by molar-refractivity contribution is 5.77. The lowest BCUT2D eigenvalue weighted by Gasteiger charge is -2.36. The SMILES string of the molecule is CCC(C)CC(=O)N1CCN(c2ccncc2N)CC1. The van der Waals surface area contributed by atoms with Crippen LogP contribution in [-0.4, -0.2) is 42.0 Å². The molecule has 1 aromatic heterocycles. The fourth-order valence-electron chi connectivity index (χ4n) is 2.46. The summed E-state index contributed by atoms with van der Waals surface area (Å²) in [6, 6.07) is 1.94. The third kappa shape index (κ3) is 3.40. The topological polar surface area (TPSA) is 62.5 Å². The van der Waals surface area contributed by atoms with Crippen LogP contribution in [0.1, 0.15) is 26.7 Å². The Morgan fingerprint density at radius 2 is 2.10 bits per heavy atom. The lowest BCUT2D eigenvalue weighted by atomic mass is 10.0. The number of hydrogen-bond acceptors (Lipinski definition) is 4. The van der Waals surface area contributed by atoms with Crippen molar-refractivity contribution in [3.8, 4) is 0 Å². The molecule has 1 saturated heterocycles. The van der Waals surface area contributed by atoms with Crippen LogP contribution < -0.4 is 10.6 Å². The minimum atomic E-state index is 0.279. The summed E-state index contributed by atoms with van der Waals surface area (Å²) in [5, 5.41) is 0. The smallest absolute Gasteiger partial charge is 0.222 e. The first-order valence-corrected chi connectivity index (χ1v) is 7.34. The number of hydrogen-bond donors (Lipinski definition) is 1. The van der Waals surface area contributed by atoms with Gasteiger partial charge < -0.3 is 15.5 Å². The summed E-state index contributed by atoms with van der Waals surface area (Å²) < 4.78 is 0. The normalized spacial score (nSPS) is 17.1. The zero-order valence-corrected chi connectivity index (χ0v) is 12.4. The molecule has 5 nitrogen and oxygen atoms in total. The number of nitrogen functional groups attached to an aromatic ring is 1. The molecule has 0 aliphatic carbocycles. The van der Waals surface area contributed by atoms with Gasteiger partial charge in [-0.15, -0.1) is 0 Å².